The highest BCUT2D eigenvalue weighted by atomic mass is 16.6. The first-order valence-corrected chi connectivity index (χ1v) is 31.6. The molecule has 0 aromatic carbocycles. The van der Waals surface area contributed by atoms with Crippen LogP contribution in [0.3, 0.4) is 0 Å². The molecule has 0 saturated carbocycles. The summed E-state index contributed by atoms with van der Waals surface area (Å²) in [4.78, 5) is 38.2. The highest BCUT2D eigenvalue weighted by molar-refractivity contribution is 5.71. The van der Waals surface area contributed by atoms with Crippen LogP contribution in [0, 0.1) is 0 Å². The maximum Gasteiger partial charge on any atom is 0.306 e. The van der Waals surface area contributed by atoms with Crippen LogP contribution in [-0.2, 0) is 28.6 Å². The molecule has 0 bridgehead atoms. The molecule has 0 fully saturated rings. The number of rotatable bonds is 57. The van der Waals surface area contributed by atoms with E-state index in [1.165, 1.54) is 154 Å². The number of allylic oxidation sites excluding steroid dienone is 14. The molecule has 426 valence electrons. The third-order valence-corrected chi connectivity index (χ3v) is 13.6. The van der Waals surface area contributed by atoms with Crippen molar-refractivity contribution < 1.29 is 28.6 Å². The summed E-state index contributed by atoms with van der Waals surface area (Å²) < 4.78 is 16.9. The lowest BCUT2D eigenvalue weighted by Gasteiger charge is -2.18. The molecule has 6 heteroatoms. The van der Waals surface area contributed by atoms with Crippen molar-refractivity contribution in [1.29, 1.82) is 0 Å². The summed E-state index contributed by atoms with van der Waals surface area (Å²) in [6.45, 7) is 6.51. The van der Waals surface area contributed by atoms with Gasteiger partial charge in [-0.25, -0.2) is 0 Å². The molecule has 74 heavy (non-hydrogen) atoms. The third-order valence-electron chi connectivity index (χ3n) is 13.6. The average Bonchev–Trinajstić information content (AvgIpc) is 3.40. The number of ether oxygens (including phenoxy) is 3. The van der Waals surface area contributed by atoms with E-state index < -0.39 is 6.10 Å². The van der Waals surface area contributed by atoms with Gasteiger partial charge < -0.3 is 14.2 Å². The smallest absolute Gasteiger partial charge is 0.306 e. The van der Waals surface area contributed by atoms with Crippen molar-refractivity contribution in [2.45, 2.75) is 316 Å². The summed E-state index contributed by atoms with van der Waals surface area (Å²) in [6, 6.07) is 0. The topological polar surface area (TPSA) is 78.9 Å². The zero-order valence-corrected chi connectivity index (χ0v) is 48.8. The van der Waals surface area contributed by atoms with Gasteiger partial charge in [-0.3, -0.25) is 14.4 Å². The van der Waals surface area contributed by atoms with E-state index in [-0.39, 0.29) is 31.1 Å². The zero-order valence-electron chi connectivity index (χ0n) is 48.8. The Morgan fingerprint density at radius 3 is 0.838 bits per heavy atom. The molecule has 0 aliphatic heterocycles. The predicted octanol–water partition coefficient (Wildman–Crippen LogP) is 21.5. The Bertz CT molecular complexity index is 1420. The Morgan fingerprint density at radius 1 is 0.284 bits per heavy atom. The summed E-state index contributed by atoms with van der Waals surface area (Å²) in [5.74, 6) is -0.904. The van der Waals surface area contributed by atoms with Crippen molar-refractivity contribution >= 4 is 17.9 Å². The van der Waals surface area contributed by atoms with Crippen LogP contribution in [0.2, 0.25) is 0 Å². The highest BCUT2D eigenvalue weighted by Crippen LogP contribution is 2.16. The molecule has 0 rings (SSSR count). The fourth-order valence-electron chi connectivity index (χ4n) is 8.87. The summed E-state index contributed by atoms with van der Waals surface area (Å²) in [5.41, 5.74) is 0. The second-order valence-corrected chi connectivity index (χ2v) is 20.9. The molecule has 0 aromatic heterocycles. The fourth-order valence-corrected chi connectivity index (χ4v) is 8.87. The maximum atomic E-state index is 12.9. The third kappa shape index (κ3) is 59.5. The van der Waals surface area contributed by atoms with Crippen LogP contribution in [0.5, 0.6) is 0 Å². The minimum atomic E-state index is -0.790. The number of hydrogen-bond donors (Lipinski definition) is 0. The molecule has 0 heterocycles. The Hall–Kier alpha value is -3.41. The van der Waals surface area contributed by atoms with Crippen LogP contribution in [0.25, 0.3) is 0 Å². The van der Waals surface area contributed by atoms with Crippen molar-refractivity contribution in [2.75, 3.05) is 13.2 Å². The Balaban J connectivity index is 4.29. The van der Waals surface area contributed by atoms with E-state index in [1.807, 2.05) is 0 Å². The zero-order chi connectivity index (χ0) is 53.6. The molecule has 0 spiro atoms. The number of esters is 3. The van der Waals surface area contributed by atoms with Gasteiger partial charge in [0.05, 0.1) is 0 Å². The Kier molecular flexibility index (Phi) is 59.3. The van der Waals surface area contributed by atoms with Crippen LogP contribution in [-0.4, -0.2) is 37.2 Å². The van der Waals surface area contributed by atoms with E-state index in [9.17, 15) is 14.4 Å². The molecular weight excluding hydrogens is 913 g/mol. The number of unbranched alkanes of at least 4 members (excludes halogenated alkanes) is 32. The van der Waals surface area contributed by atoms with E-state index in [2.05, 4.69) is 106 Å². The lowest BCUT2D eigenvalue weighted by atomic mass is 10.0. The second-order valence-electron chi connectivity index (χ2n) is 20.9. The van der Waals surface area contributed by atoms with Crippen LogP contribution in [0.4, 0.5) is 0 Å². The monoisotopic (exact) mass is 1030 g/mol. The second kappa shape index (κ2) is 62.1. The van der Waals surface area contributed by atoms with Crippen LogP contribution in [0.1, 0.15) is 310 Å². The molecular formula is C68H118O6. The summed E-state index contributed by atoms with van der Waals surface area (Å²) in [5, 5.41) is 0. The van der Waals surface area contributed by atoms with E-state index >= 15 is 0 Å². The largest absolute Gasteiger partial charge is 0.462 e. The average molecular weight is 1030 g/mol. The van der Waals surface area contributed by atoms with Crippen LogP contribution in [0.15, 0.2) is 85.1 Å². The minimum absolute atomic E-state index is 0.0862. The van der Waals surface area contributed by atoms with Gasteiger partial charge in [0.1, 0.15) is 13.2 Å². The normalized spacial score (nSPS) is 12.6. The quantitative estimate of drug-likeness (QED) is 0.0261. The van der Waals surface area contributed by atoms with Gasteiger partial charge in [-0.05, 0) is 116 Å². The summed E-state index contributed by atoms with van der Waals surface area (Å²) >= 11 is 0. The van der Waals surface area contributed by atoms with Gasteiger partial charge in [0.15, 0.2) is 6.10 Å². The van der Waals surface area contributed by atoms with E-state index in [1.54, 1.807) is 0 Å². The number of carbonyl (C=O) groups is 3. The van der Waals surface area contributed by atoms with Crippen molar-refractivity contribution in [2.24, 2.45) is 0 Å². The lowest BCUT2D eigenvalue weighted by molar-refractivity contribution is -0.167. The molecule has 0 aliphatic rings. The Labute approximate surface area is 458 Å². The molecule has 1 unspecified atom stereocenters. The molecule has 1 atom stereocenters. The standard InChI is InChI=1S/C68H118O6/c1-4-7-10-13-16-19-22-25-28-29-30-31-32-33-34-35-36-37-38-39-41-43-46-49-52-55-58-61-67(70)73-64-65(63-72-66(69)60-57-54-51-48-45-42-27-24-21-18-15-12-9-6-3)74-68(71)62-59-56-53-50-47-44-40-26-23-20-17-14-11-8-5-2/h8,11,17,20,22,24-27,29-30,32-33,40,65H,4-7,9-10,12-16,18-19,21,23,28,31,34-39,41-64H2,1-3H3/b11-8-,20-17-,25-22-,27-24-,30-29-,33-32-,40-26-. The minimum Gasteiger partial charge on any atom is -0.462 e. The molecule has 0 amide bonds. The first-order chi connectivity index (χ1) is 36.5. The number of hydrogen-bond acceptors (Lipinski definition) is 6. The number of carbonyl (C=O) groups excluding carboxylic acids is 3. The summed E-state index contributed by atoms with van der Waals surface area (Å²) in [7, 11) is 0. The van der Waals surface area contributed by atoms with Crippen molar-refractivity contribution in [3.63, 3.8) is 0 Å². The van der Waals surface area contributed by atoms with Gasteiger partial charge in [-0.2, -0.15) is 0 Å². The molecule has 0 aromatic rings. The van der Waals surface area contributed by atoms with Gasteiger partial charge in [0, 0.05) is 19.3 Å². The first kappa shape index (κ1) is 70.6. The maximum absolute atomic E-state index is 12.9. The molecule has 0 radical (unpaired) electrons. The molecule has 6 nitrogen and oxygen atoms in total. The van der Waals surface area contributed by atoms with E-state index in [4.69, 9.17) is 14.2 Å². The van der Waals surface area contributed by atoms with Gasteiger partial charge >= 0.3 is 17.9 Å². The molecule has 0 N–H and O–H groups in total. The van der Waals surface area contributed by atoms with Crippen LogP contribution >= 0.6 is 0 Å². The SMILES string of the molecule is CC/C=C\C/C=C\C/C=C\CCCCCCCC(=O)OC(COC(=O)CCCCCCC/C=C\CCCCCCC)COC(=O)CCCCCCCCCCCCCC/C=C\C/C=C\C/C=C\CCCCCCC. The predicted molar refractivity (Wildman–Crippen MR) is 321 cm³/mol. The van der Waals surface area contributed by atoms with Gasteiger partial charge in [-0.15, -0.1) is 0 Å². The van der Waals surface area contributed by atoms with Crippen molar-refractivity contribution in [3.05, 3.63) is 85.1 Å². The molecule has 0 saturated heterocycles. The van der Waals surface area contributed by atoms with E-state index in [0.29, 0.717) is 19.3 Å². The van der Waals surface area contributed by atoms with Gasteiger partial charge in [0.2, 0.25) is 0 Å². The highest BCUT2D eigenvalue weighted by Gasteiger charge is 2.19. The van der Waals surface area contributed by atoms with E-state index in [0.717, 1.165) is 116 Å². The lowest BCUT2D eigenvalue weighted by Crippen LogP contribution is -2.30. The summed E-state index contributed by atoms with van der Waals surface area (Å²) in [6.07, 6.45) is 81.6. The van der Waals surface area contributed by atoms with Crippen molar-refractivity contribution in [1.82, 2.24) is 0 Å². The first-order valence-electron chi connectivity index (χ1n) is 31.6. The molecule has 0 aliphatic carbocycles. The van der Waals surface area contributed by atoms with Crippen molar-refractivity contribution in [3.8, 4) is 0 Å². The Morgan fingerprint density at radius 2 is 0.527 bits per heavy atom. The van der Waals surface area contributed by atoms with Gasteiger partial charge in [-0.1, -0.05) is 260 Å². The fraction of sp³-hybridized carbons (Fsp3) is 0.750. The van der Waals surface area contributed by atoms with Gasteiger partial charge in [0.25, 0.3) is 0 Å². The van der Waals surface area contributed by atoms with Crippen LogP contribution < -0.4 is 0 Å².